The van der Waals surface area contributed by atoms with Crippen molar-refractivity contribution < 1.29 is 9.53 Å². The highest BCUT2D eigenvalue weighted by Crippen LogP contribution is 2.66. The van der Waals surface area contributed by atoms with Gasteiger partial charge in [0.15, 0.2) is 0 Å². The predicted octanol–water partition coefficient (Wildman–Crippen LogP) is 1.97. The highest BCUT2D eigenvalue weighted by atomic mass is 16.5. The van der Waals surface area contributed by atoms with Gasteiger partial charge in [-0.15, -0.1) is 0 Å². The van der Waals surface area contributed by atoms with E-state index in [4.69, 9.17) is 10.5 Å². The van der Waals surface area contributed by atoms with Crippen LogP contribution in [0.1, 0.15) is 58.8 Å². The van der Waals surface area contributed by atoms with E-state index in [1.54, 1.807) is 0 Å². The Balaban J connectivity index is 1.58. The number of nitrogens with two attached hydrogens (primary N) is 1. The highest BCUT2D eigenvalue weighted by Gasteiger charge is 2.61. The summed E-state index contributed by atoms with van der Waals surface area (Å²) in [7, 11) is 0. The summed E-state index contributed by atoms with van der Waals surface area (Å²) < 4.78 is 5.36. The van der Waals surface area contributed by atoms with E-state index in [1.165, 1.54) is 19.3 Å². The Kier molecular flexibility index (Phi) is 2.68. The lowest BCUT2D eigenvalue weighted by molar-refractivity contribution is -0.143. The Labute approximate surface area is 127 Å². The smallest absolute Gasteiger partial charge is 0.243 e. The van der Waals surface area contributed by atoms with Crippen molar-refractivity contribution in [2.45, 2.75) is 69.9 Å². The van der Waals surface area contributed by atoms with Crippen molar-refractivity contribution in [1.29, 1.82) is 0 Å². The van der Waals surface area contributed by atoms with Crippen LogP contribution in [0, 0.1) is 16.7 Å². The van der Waals surface area contributed by atoms with E-state index < -0.39 is 5.54 Å². The number of amides is 1. The number of carbonyl (C=O) groups is 1. The van der Waals surface area contributed by atoms with Crippen LogP contribution in [0.25, 0.3) is 0 Å². The van der Waals surface area contributed by atoms with E-state index in [1.807, 2.05) is 0 Å². The number of hydrogen-bond acceptors (Lipinski definition) is 3. The molecule has 4 saturated carbocycles. The zero-order chi connectivity index (χ0) is 14.9. The fourth-order valence-electron chi connectivity index (χ4n) is 6.71. The molecule has 1 heterocycles. The van der Waals surface area contributed by atoms with Gasteiger partial charge >= 0.3 is 0 Å². The van der Waals surface area contributed by atoms with Gasteiger partial charge in [-0.25, -0.2) is 0 Å². The molecule has 1 amide bonds. The summed E-state index contributed by atoms with van der Waals surface area (Å²) >= 11 is 0. The second-order valence-electron chi connectivity index (χ2n) is 9.32. The molecule has 4 nitrogen and oxygen atoms in total. The van der Waals surface area contributed by atoms with Gasteiger partial charge in [0, 0.05) is 12.1 Å². The molecule has 21 heavy (non-hydrogen) atoms. The zero-order valence-corrected chi connectivity index (χ0v) is 13.3. The van der Waals surface area contributed by atoms with Crippen molar-refractivity contribution in [3.63, 3.8) is 0 Å². The largest absolute Gasteiger partial charge is 0.379 e. The van der Waals surface area contributed by atoms with Gasteiger partial charge in [0.1, 0.15) is 5.54 Å². The molecule has 5 rings (SSSR count). The van der Waals surface area contributed by atoms with E-state index in [0.29, 0.717) is 30.5 Å². The number of nitrogens with one attached hydrogen (secondary N) is 1. The third kappa shape index (κ3) is 2.14. The Morgan fingerprint density at radius 1 is 1.14 bits per heavy atom. The fraction of sp³-hybridized carbons (Fsp3) is 0.941. The summed E-state index contributed by atoms with van der Waals surface area (Å²) in [6, 6.07) is 0. The van der Waals surface area contributed by atoms with Crippen molar-refractivity contribution in [3.05, 3.63) is 0 Å². The van der Waals surface area contributed by atoms with Gasteiger partial charge in [0.2, 0.25) is 5.91 Å². The van der Waals surface area contributed by atoms with Gasteiger partial charge < -0.3 is 15.8 Å². The molecule has 1 aliphatic heterocycles. The van der Waals surface area contributed by atoms with E-state index >= 15 is 0 Å². The first-order chi connectivity index (χ1) is 9.74. The molecule has 3 atom stereocenters. The second-order valence-corrected chi connectivity index (χ2v) is 9.32. The zero-order valence-electron chi connectivity index (χ0n) is 13.3. The van der Waals surface area contributed by atoms with Crippen LogP contribution in [0.2, 0.25) is 0 Å². The van der Waals surface area contributed by atoms with Crippen molar-refractivity contribution in [2.75, 3.05) is 13.2 Å². The first-order valence-electron chi connectivity index (χ1n) is 8.43. The second kappa shape index (κ2) is 4.02. The topological polar surface area (TPSA) is 64.4 Å². The minimum atomic E-state index is -0.800. The van der Waals surface area contributed by atoms with Gasteiger partial charge in [0.25, 0.3) is 0 Å². The Morgan fingerprint density at radius 2 is 1.81 bits per heavy atom. The Hall–Kier alpha value is -0.610. The predicted molar refractivity (Wildman–Crippen MR) is 80.6 cm³/mol. The summed E-state index contributed by atoms with van der Waals surface area (Å²) in [6.45, 7) is 5.82. The number of carbonyl (C=O) groups excluding carboxylic acids is 1. The van der Waals surface area contributed by atoms with Crippen LogP contribution in [-0.2, 0) is 9.53 Å². The number of ether oxygens (including phenoxy) is 1. The number of hydrogen-bond donors (Lipinski definition) is 2. The molecule has 0 aromatic carbocycles. The van der Waals surface area contributed by atoms with Crippen LogP contribution in [-0.4, -0.2) is 30.2 Å². The average molecular weight is 292 g/mol. The van der Waals surface area contributed by atoms with E-state index in [2.05, 4.69) is 19.2 Å². The first-order valence-corrected chi connectivity index (χ1v) is 8.43. The molecule has 5 fully saturated rings. The third-order valence-electron chi connectivity index (χ3n) is 6.51. The van der Waals surface area contributed by atoms with Crippen LogP contribution >= 0.6 is 0 Å². The van der Waals surface area contributed by atoms with Gasteiger partial charge in [-0.2, -0.15) is 0 Å². The van der Waals surface area contributed by atoms with Crippen molar-refractivity contribution in [1.82, 2.24) is 5.32 Å². The normalized spacial score (nSPS) is 54.9. The van der Waals surface area contributed by atoms with Gasteiger partial charge in [-0.1, -0.05) is 13.8 Å². The first kappa shape index (κ1) is 14.0. The highest BCUT2D eigenvalue weighted by molar-refractivity contribution is 5.87. The van der Waals surface area contributed by atoms with Crippen molar-refractivity contribution in [3.8, 4) is 0 Å². The molecular formula is C17H28N2O2. The van der Waals surface area contributed by atoms with E-state index in [-0.39, 0.29) is 11.4 Å². The third-order valence-corrected chi connectivity index (χ3v) is 6.51. The van der Waals surface area contributed by atoms with Crippen molar-refractivity contribution >= 4 is 5.91 Å². The van der Waals surface area contributed by atoms with E-state index in [9.17, 15) is 4.79 Å². The molecule has 0 aromatic rings. The molecule has 4 aliphatic carbocycles. The monoisotopic (exact) mass is 292 g/mol. The van der Waals surface area contributed by atoms with Crippen LogP contribution < -0.4 is 11.1 Å². The van der Waals surface area contributed by atoms with Crippen LogP contribution in [0.5, 0.6) is 0 Å². The molecule has 0 aromatic heterocycles. The molecule has 118 valence electrons. The van der Waals surface area contributed by atoms with Crippen molar-refractivity contribution in [2.24, 2.45) is 22.5 Å². The SMILES string of the molecule is CC12CC3CC(C)(C1)CC(NC(=O)C1(N)CCOC1)(C3)C2. The lowest BCUT2D eigenvalue weighted by Gasteiger charge is -2.65. The molecule has 4 heteroatoms. The quantitative estimate of drug-likeness (QED) is 0.818. The molecule has 0 radical (unpaired) electrons. The van der Waals surface area contributed by atoms with E-state index in [0.717, 1.165) is 25.2 Å². The molecule has 3 unspecified atom stereocenters. The lowest BCUT2D eigenvalue weighted by Crippen LogP contribution is -2.68. The maximum atomic E-state index is 12.7. The molecule has 4 bridgehead atoms. The summed E-state index contributed by atoms with van der Waals surface area (Å²) in [5.74, 6) is 0.805. The molecule has 3 N–H and O–H groups in total. The summed E-state index contributed by atoms with van der Waals surface area (Å²) in [6.07, 6.45) is 8.08. The standard InChI is InChI=1S/C17H28N2O2/c1-14-5-12-6-15(2,8-14)10-16(7-12,9-14)19-13(20)17(18)3-4-21-11-17/h12H,3-11,18H2,1-2H3,(H,19,20). The van der Waals surface area contributed by atoms with Gasteiger partial charge in [0.05, 0.1) is 6.61 Å². The lowest BCUT2D eigenvalue weighted by atomic mass is 9.42. The Bertz CT molecular complexity index is 465. The van der Waals surface area contributed by atoms with Gasteiger partial charge in [-0.05, 0) is 61.7 Å². The maximum absolute atomic E-state index is 12.7. The molecule has 1 saturated heterocycles. The molecule has 5 aliphatic rings. The summed E-state index contributed by atoms with van der Waals surface area (Å²) in [4.78, 5) is 12.7. The Morgan fingerprint density at radius 3 is 2.33 bits per heavy atom. The maximum Gasteiger partial charge on any atom is 0.243 e. The number of rotatable bonds is 2. The van der Waals surface area contributed by atoms with Gasteiger partial charge in [-0.3, -0.25) is 4.79 Å². The minimum Gasteiger partial charge on any atom is -0.379 e. The molecular weight excluding hydrogens is 264 g/mol. The molecule has 0 spiro atoms. The van der Waals surface area contributed by atoms with Crippen LogP contribution in [0.3, 0.4) is 0 Å². The minimum absolute atomic E-state index is 0.00500. The summed E-state index contributed by atoms with van der Waals surface area (Å²) in [5.41, 5.74) is 6.28. The fourth-order valence-corrected chi connectivity index (χ4v) is 6.71. The summed E-state index contributed by atoms with van der Waals surface area (Å²) in [5, 5.41) is 3.41. The average Bonchev–Trinajstić information content (AvgIpc) is 2.71. The van der Waals surface area contributed by atoms with Crippen LogP contribution in [0.4, 0.5) is 0 Å². The van der Waals surface area contributed by atoms with Crippen LogP contribution in [0.15, 0.2) is 0 Å².